The van der Waals surface area contributed by atoms with Crippen molar-refractivity contribution < 1.29 is 29.6 Å². The molecule has 2 aliphatic carbocycles. The fraction of sp³-hybridized carbons (Fsp3) is 0.760. The molecule has 0 heterocycles. The highest BCUT2D eigenvalue weighted by Crippen LogP contribution is 2.45. The van der Waals surface area contributed by atoms with Crippen LogP contribution in [0.5, 0.6) is 0 Å². The summed E-state index contributed by atoms with van der Waals surface area (Å²) in [5, 5.41) is 29.0. The minimum atomic E-state index is -1.07. The zero-order valence-corrected chi connectivity index (χ0v) is 20.3. The fourth-order valence-corrected chi connectivity index (χ4v) is 4.76. The third-order valence-corrected chi connectivity index (χ3v) is 7.08. The zero-order valence-electron chi connectivity index (χ0n) is 20.3. The Bertz CT molecular complexity index is 701. The van der Waals surface area contributed by atoms with Crippen molar-refractivity contribution in [1.82, 2.24) is 6.15 Å². The van der Waals surface area contributed by atoms with E-state index in [-0.39, 0.29) is 48.8 Å². The van der Waals surface area contributed by atoms with E-state index in [0.717, 1.165) is 6.42 Å². The first-order valence-corrected chi connectivity index (χ1v) is 11.6. The molecule has 6 N–H and O–H groups in total. The normalized spacial score (nSPS) is 29.2. The maximum atomic E-state index is 12.8. The summed E-state index contributed by atoms with van der Waals surface area (Å²) in [5.74, 6) is -0.347. The maximum absolute atomic E-state index is 12.8. The monoisotopic (exact) mass is 453 g/mol. The number of aliphatic hydroxyl groups excluding tert-OH is 2. The van der Waals surface area contributed by atoms with Crippen LogP contribution in [-0.4, -0.2) is 45.6 Å². The molecule has 0 aromatic carbocycles. The Morgan fingerprint density at radius 2 is 1.88 bits per heavy atom. The van der Waals surface area contributed by atoms with Gasteiger partial charge in [-0.15, -0.1) is 0 Å². The van der Waals surface area contributed by atoms with Gasteiger partial charge in [0.2, 0.25) is 0 Å². The average molecular weight is 454 g/mol. The zero-order chi connectivity index (χ0) is 23.3. The number of carboxylic acids is 1. The van der Waals surface area contributed by atoms with Gasteiger partial charge >= 0.3 is 11.9 Å². The van der Waals surface area contributed by atoms with Crippen molar-refractivity contribution in [2.75, 3.05) is 0 Å². The van der Waals surface area contributed by atoms with Crippen LogP contribution in [0.2, 0.25) is 0 Å². The predicted octanol–water partition coefficient (Wildman–Crippen LogP) is 4.27. The van der Waals surface area contributed by atoms with Crippen LogP contribution < -0.4 is 6.15 Å². The molecule has 2 aliphatic rings. The lowest BCUT2D eigenvalue weighted by molar-refractivity contribution is -0.164. The van der Waals surface area contributed by atoms with Crippen molar-refractivity contribution in [1.29, 1.82) is 0 Å². The van der Waals surface area contributed by atoms with E-state index in [2.05, 4.69) is 32.1 Å². The highest BCUT2D eigenvalue weighted by molar-refractivity contribution is 5.76. The number of aliphatic hydroxyl groups is 2. The Hall–Kier alpha value is -1.70. The Balaban J connectivity index is 0.00000512. The van der Waals surface area contributed by atoms with Gasteiger partial charge < -0.3 is 26.2 Å². The van der Waals surface area contributed by atoms with E-state index in [0.29, 0.717) is 25.2 Å². The van der Waals surface area contributed by atoms with Crippen LogP contribution in [0.3, 0.4) is 0 Å². The number of esters is 1. The fourth-order valence-electron chi connectivity index (χ4n) is 4.76. The van der Waals surface area contributed by atoms with Gasteiger partial charge in [-0.1, -0.05) is 39.0 Å². The maximum Gasteiger partial charge on any atom is 0.311 e. The lowest BCUT2D eigenvalue weighted by Gasteiger charge is -2.44. The molecule has 0 saturated heterocycles. The molecule has 2 rings (SSSR count). The number of fused-ring (bicyclic) bond motifs is 1. The highest BCUT2D eigenvalue weighted by atomic mass is 16.5. The number of carbonyl (C=O) groups excluding carboxylic acids is 1. The summed E-state index contributed by atoms with van der Waals surface area (Å²) >= 11 is 0. The van der Waals surface area contributed by atoms with E-state index in [1.807, 2.05) is 20.8 Å². The van der Waals surface area contributed by atoms with Crippen LogP contribution in [0.25, 0.3) is 0 Å². The number of aliphatic carboxylic acids is 1. The smallest absolute Gasteiger partial charge is 0.311 e. The van der Waals surface area contributed by atoms with Gasteiger partial charge in [0.25, 0.3) is 0 Å². The van der Waals surface area contributed by atoms with Gasteiger partial charge in [0.15, 0.2) is 0 Å². The van der Waals surface area contributed by atoms with Gasteiger partial charge in [-0.25, -0.2) is 0 Å². The third-order valence-electron chi connectivity index (χ3n) is 7.08. The number of ether oxygens (including phenoxy) is 1. The Labute approximate surface area is 192 Å². The van der Waals surface area contributed by atoms with Gasteiger partial charge in [0.05, 0.1) is 24.0 Å². The van der Waals surface area contributed by atoms with E-state index in [1.165, 1.54) is 5.57 Å². The largest absolute Gasteiger partial charge is 0.481 e. The molecule has 0 fully saturated rings. The minimum absolute atomic E-state index is 0. The van der Waals surface area contributed by atoms with Crippen LogP contribution in [0.1, 0.15) is 73.1 Å². The summed E-state index contributed by atoms with van der Waals surface area (Å²) in [6.07, 6.45) is 6.98. The molecule has 0 spiro atoms. The summed E-state index contributed by atoms with van der Waals surface area (Å²) in [6, 6.07) is 0. The summed E-state index contributed by atoms with van der Waals surface area (Å²) in [4.78, 5) is 23.6. The van der Waals surface area contributed by atoms with Gasteiger partial charge in [-0.2, -0.15) is 0 Å². The van der Waals surface area contributed by atoms with Crippen molar-refractivity contribution in [3.63, 3.8) is 0 Å². The molecule has 7 heteroatoms. The lowest BCUT2D eigenvalue weighted by Crippen LogP contribution is -2.43. The number of carboxylic acid groups (broad SMARTS) is 1. The Kier molecular flexibility index (Phi) is 10.6. The SMILES string of the molecule is CCC(C)(C)C(=O)O[C@H]1C[C@@H](C)C=C2C=C[C@H](C)[C@H](CC[C@@H](O)C[C@@H](O)CC(=O)O)[C@H]21.N. The highest BCUT2D eigenvalue weighted by Gasteiger charge is 2.42. The topological polar surface area (TPSA) is 139 Å². The second kappa shape index (κ2) is 12.0. The standard InChI is InChI=1S/C25H40O6.H3N/c1-6-25(4,5)24(30)31-21-12-15(2)11-17-8-7-16(3)20(23(17)21)10-9-18(26)13-19(27)14-22(28)29;/h7-8,11,15-16,18-21,23,26-27H,6,9-10,12-14H2,1-5H3,(H,28,29);1H3/t15-,16-,18+,19+,20-,21-,23-;/m0./s1. The Morgan fingerprint density at radius 3 is 2.47 bits per heavy atom. The number of allylic oxidation sites excluding steroid dienone is 3. The quantitative estimate of drug-likeness (QED) is 0.362. The van der Waals surface area contributed by atoms with Crippen LogP contribution in [-0.2, 0) is 14.3 Å². The van der Waals surface area contributed by atoms with Crippen molar-refractivity contribution in [2.45, 2.75) is 91.5 Å². The van der Waals surface area contributed by atoms with E-state index < -0.39 is 23.6 Å². The molecular formula is C25H43NO6. The summed E-state index contributed by atoms with van der Waals surface area (Å²) in [5.41, 5.74) is 0.682. The second-order valence-corrected chi connectivity index (χ2v) is 10.2. The van der Waals surface area contributed by atoms with Crippen molar-refractivity contribution >= 4 is 11.9 Å². The number of hydrogen-bond acceptors (Lipinski definition) is 6. The van der Waals surface area contributed by atoms with Gasteiger partial charge in [-0.3, -0.25) is 9.59 Å². The molecule has 184 valence electrons. The molecule has 0 amide bonds. The first-order valence-electron chi connectivity index (χ1n) is 11.6. The molecule has 7 nitrogen and oxygen atoms in total. The van der Waals surface area contributed by atoms with Gasteiger partial charge in [0.1, 0.15) is 6.10 Å². The molecule has 32 heavy (non-hydrogen) atoms. The second-order valence-electron chi connectivity index (χ2n) is 10.2. The molecule has 0 radical (unpaired) electrons. The predicted molar refractivity (Wildman–Crippen MR) is 124 cm³/mol. The summed E-state index contributed by atoms with van der Waals surface area (Å²) in [6.45, 7) is 10.1. The number of rotatable bonds is 10. The molecule has 7 atom stereocenters. The molecule has 0 saturated carbocycles. The minimum Gasteiger partial charge on any atom is -0.481 e. The van der Waals surface area contributed by atoms with Gasteiger partial charge in [0, 0.05) is 5.92 Å². The lowest BCUT2D eigenvalue weighted by atomic mass is 9.65. The van der Waals surface area contributed by atoms with Crippen LogP contribution in [0.15, 0.2) is 23.8 Å². The molecule has 0 aliphatic heterocycles. The molecular weight excluding hydrogens is 410 g/mol. The van der Waals surface area contributed by atoms with Crippen molar-refractivity contribution in [2.24, 2.45) is 29.1 Å². The van der Waals surface area contributed by atoms with Gasteiger partial charge in [-0.05, 0) is 69.3 Å². The number of hydrogen-bond donors (Lipinski definition) is 4. The van der Waals surface area contributed by atoms with Crippen LogP contribution in [0, 0.1) is 29.1 Å². The van der Waals surface area contributed by atoms with E-state index in [1.54, 1.807) is 0 Å². The van der Waals surface area contributed by atoms with E-state index in [4.69, 9.17) is 9.84 Å². The van der Waals surface area contributed by atoms with Crippen molar-refractivity contribution in [3.05, 3.63) is 23.8 Å². The first-order chi connectivity index (χ1) is 14.4. The summed E-state index contributed by atoms with van der Waals surface area (Å²) in [7, 11) is 0. The average Bonchev–Trinajstić information content (AvgIpc) is 2.66. The van der Waals surface area contributed by atoms with Crippen LogP contribution in [0.4, 0.5) is 0 Å². The van der Waals surface area contributed by atoms with E-state index >= 15 is 0 Å². The van der Waals surface area contributed by atoms with Crippen molar-refractivity contribution in [3.8, 4) is 0 Å². The summed E-state index contributed by atoms with van der Waals surface area (Å²) < 4.78 is 6.10. The number of carbonyl (C=O) groups is 2. The molecule has 0 aromatic rings. The molecule has 0 unspecified atom stereocenters. The first kappa shape index (κ1) is 28.3. The molecule has 0 aromatic heterocycles. The van der Waals surface area contributed by atoms with E-state index in [9.17, 15) is 19.8 Å². The molecule has 0 bridgehead atoms. The van der Waals surface area contributed by atoms with Crippen LogP contribution >= 0.6 is 0 Å². The Morgan fingerprint density at radius 1 is 1.22 bits per heavy atom. The third kappa shape index (κ3) is 7.42.